The number of thiocarbonyl (C=S) groups is 1. The molecule has 1 saturated heterocycles. The monoisotopic (exact) mass is 363 g/mol. The number of carbonyl (C=O) groups is 2. The normalized spacial score (nSPS) is 14.8. The third kappa shape index (κ3) is 3.36. The Balaban J connectivity index is 2.53. The van der Waals surface area contributed by atoms with Crippen LogP contribution in [0.15, 0.2) is 23.8 Å². The standard InChI is InChI=1S/C16H17N3O5S/c1-4-17-14(20)11(15(21)18(5-2)16(17)25)8-10-6-7-13(24-3)12(9-10)19(22)23/h6-9H,4-5H2,1-3H3. The Hall–Kier alpha value is -2.81. The van der Waals surface area contributed by atoms with E-state index in [0.717, 1.165) is 0 Å². The molecule has 1 aliphatic rings. The number of carbonyl (C=O) groups excluding carboxylic acids is 2. The van der Waals surface area contributed by atoms with Gasteiger partial charge in [0, 0.05) is 19.2 Å². The number of rotatable bonds is 5. The zero-order chi connectivity index (χ0) is 18.7. The molecule has 0 atom stereocenters. The van der Waals surface area contributed by atoms with Crippen LogP contribution in [0.4, 0.5) is 5.69 Å². The molecule has 1 aromatic carbocycles. The average molecular weight is 363 g/mol. The highest BCUT2D eigenvalue weighted by molar-refractivity contribution is 7.80. The predicted molar refractivity (Wildman–Crippen MR) is 95.0 cm³/mol. The fourth-order valence-corrected chi connectivity index (χ4v) is 2.91. The Morgan fingerprint density at radius 3 is 2.20 bits per heavy atom. The van der Waals surface area contributed by atoms with Crippen molar-refractivity contribution >= 4 is 40.9 Å². The van der Waals surface area contributed by atoms with E-state index >= 15 is 0 Å². The van der Waals surface area contributed by atoms with Gasteiger partial charge in [0.1, 0.15) is 5.57 Å². The summed E-state index contributed by atoms with van der Waals surface area (Å²) in [6.07, 6.45) is 1.34. The van der Waals surface area contributed by atoms with E-state index in [1.165, 1.54) is 35.1 Å². The zero-order valence-corrected chi connectivity index (χ0v) is 14.8. The maximum absolute atomic E-state index is 12.5. The molecule has 25 heavy (non-hydrogen) atoms. The smallest absolute Gasteiger partial charge is 0.311 e. The molecule has 1 aliphatic heterocycles. The van der Waals surface area contributed by atoms with Gasteiger partial charge >= 0.3 is 5.69 Å². The van der Waals surface area contributed by atoms with E-state index in [-0.39, 0.29) is 22.1 Å². The first-order valence-corrected chi connectivity index (χ1v) is 7.98. The van der Waals surface area contributed by atoms with E-state index in [9.17, 15) is 19.7 Å². The van der Waals surface area contributed by atoms with Crippen molar-refractivity contribution in [2.75, 3.05) is 20.2 Å². The molecule has 1 aromatic rings. The lowest BCUT2D eigenvalue weighted by molar-refractivity contribution is -0.385. The third-order valence-electron chi connectivity index (χ3n) is 3.76. The van der Waals surface area contributed by atoms with Gasteiger partial charge in [0.25, 0.3) is 11.8 Å². The lowest BCUT2D eigenvalue weighted by atomic mass is 10.1. The van der Waals surface area contributed by atoms with E-state index in [0.29, 0.717) is 18.7 Å². The average Bonchev–Trinajstić information content (AvgIpc) is 2.59. The first-order valence-electron chi connectivity index (χ1n) is 7.57. The van der Waals surface area contributed by atoms with Gasteiger partial charge in [-0.15, -0.1) is 0 Å². The van der Waals surface area contributed by atoms with E-state index < -0.39 is 16.7 Å². The Kier molecular flexibility index (Phi) is 5.48. The summed E-state index contributed by atoms with van der Waals surface area (Å²) in [5.41, 5.74) is 0.0173. The number of benzene rings is 1. The largest absolute Gasteiger partial charge is 0.490 e. The lowest BCUT2D eigenvalue weighted by Crippen LogP contribution is -2.55. The minimum absolute atomic E-state index is 0.0863. The molecule has 9 heteroatoms. The highest BCUT2D eigenvalue weighted by atomic mass is 32.1. The first kappa shape index (κ1) is 18.5. The summed E-state index contributed by atoms with van der Waals surface area (Å²) >= 11 is 5.18. The van der Waals surface area contributed by atoms with Crippen molar-refractivity contribution in [1.82, 2.24) is 9.80 Å². The summed E-state index contributed by atoms with van der Waals surface area (Å²) < 4.78 is 4.95. The van der Waals surface area contributed by atoms with Gasteiger partial charge in [0.2, 0.25) is 0 Å². The number of ether oxygens (including phenoxy) is 1. The van der Waals surface area contributed by atoms with Crippen LogP contribution in [-0.2, 0) is 9.59 Å². The van der Waals surface area contributed by atoms with Crippen molar-refractivity contribution < 1.29 is 19.2 Å². The van der Waals surface area contributed by atoms with Crippen LogP contribution >= 0.6 is 12.2 Å². The van der Waals surface area contributed by atoms with Gasteiger partial charge < -0.3 is 4.74 Å². The van der Waals surface area contributed by atoms with Crippen LogP contribution in [0.3, 0.4) is 0 Å². The number of nitro benzene ring substituents is 1. The van der Waals surface area contributed by atoms with Crippen LogP contribution in [0, 0.1) is 10.1 Å². The van der Waals surface area contributed by atoms with Gasteiger partial charge in [-0.1, -0.05) is 6.07 Å². The second-order valence-corrected chi connectivity index (χ2v) is 5.49. The van der Waals surface area contributed by atoms with Crippen LogP contribution in [-0.4, -0.2) is 51.8 Å². The topological polar surface area (TPSA) is 93.0 Å². The highest BCUT2D eigenvalue weighted by Crippen LogP contribution is 2.29. The Morgan fingerprint density at radius 2 is 1.76 bits per heavy atom. The summed E-state index contributed by atoms with van der Waals surface area (Å²) in [5.74, 6) is -0.929. The Labute approximate surface area is 149 Å². The molecular weight excluding hydrogens is 346 g/mol. The molecular formula is C16H17N3O5S. The predicted octanol–water partition coefficient (Wildman–Crippen LogP) is 1.98. The van der Waals surface area contributed by atoms with Gasteiger partial charge in [-0.25, -0.2) is 0 Å². The Morgan fingerprint density at radius 1 is 1.20 bits per heavy atom. The molecule has 1 fully saturated rings. The molecule has 1 heterocycles. The zero-order valence-electron chi connectivity index (χ0n) is 14.0. The second kappa shape index (κ2) is 7.39. The van der Waals surface area contributed by atoms with Gasteiger partial charge in [0.15, 0.2) is 10.9 Å². The molecule has 0 bridgehead atoms. The minimum Gasteiger partial charge on any atom is -0.490 e. The third-order valence-corrected chi connectivity index (χ3v) is 4.20. The van der Waals surface area contributed by atoms with Crippen molar-refractivity contribution in [1.29, 1.82) is 0 Å². The van der Waals surface area contributed by atoms with Crippen LogP contribution in [0.1, 0.15) is 19.4 Å². The number of likely N-dealkylation sites (N-methyl/N-ethyl adjacent to an activating group) is 2. The van der Waals surface area contributed by atoms with Gasteiger partial charge in [0.05, 0.1) is 12.0 Å². The molecule has 0 aliphatic carbocycles. The minimum atomic E-state index is -0.586. The Bertz CT molecular complexity index is 762. The number of amides is 2. The van der Waals surface area contributed by atoms with Crippen LogP contribution in [0.2, 0.25) is 0 Å². The van der Waals surface area contributed by atoms with E-state index in [2.05, 4.69) is 0 Å². The molecule has 2 rings (SSSR count). The summed E-state index contributed by atoms with van der Waals surface area (Å²) in [6.45, 7) is 4.15. The maximum Gasteiger partial charge on any atom is 0.311 e. The number of hydrogen-bond acceptors (Lipinski definition) is 6. The van der Waals surface area contributed by atoms with Crippen molar-refractivity contribution in [3.05, 3.63) is 39.4 Å². The summed E-state index contributed by atoms with van der Waals surface area (Å²) in [7, 11) is 1.33. The molecule has 132 valence electrons. The number of nitrogens with zero attached hydrogens (tertiary/aromatic N) is 3. The van der Waals surface area contributed by atoms with E-state index in [1.54, 1.807) is 19.9 Å². The molecule has 0 spiro atoms. The quantitative estimate of drug-likeness (QED) is 0.261. The number of hydrogen-bond donors (Lipinski definition) is 0. The van der Waals surface area contributed by atoms with Crippen molar-refractivity contribution in [3.63, 3.8) is 0 Å². The highest BCUT2D eigenvalue weighted by Gasteiger charge is 2.37. The number of methoxy groups -OCH3 is 1. The van der Waals surface area contributed by atoms with Crippen molar-refractivity contribution in [3.8, 4) is 5.75 Å². The fourth-order valence-electron chi connectivity index (χ4n) is 2.49. The molecule has 0 radical (unpaired) electrons. The van der Waals surface area contributed by atoms with Crippen LogP contribution < -0.4 is 4.74 Å². The maximum atomic E-state index is 12.5. The van der Waals surface area contributed by atoms with Crippen LogP contribution in [0.25, 0.3) is 6.08 Å². The molecule has 0 unspecified atom stereocenters. The van der Waals surface area contributed by atoms with E-state index in [4.69, 9.17) is 17.0 Å². The number of nitro groups is 1. The van der Waals surface area contributed by atoms with Crippen LogP contribution in [0.5, 0.6) is 5.75 Å². The van der Waals surface area contributed by atoms with Gasteiger partial charge in [-0.05, 0) is 43.8 Å². The summed E-state index contributed by atoms with van der Waals surface area (Å²) in [4.78, 5) is 38.3. The first-order chi connectivity index (χ1) is 11.8. The second-order valence-electron chi connectivity index (χ2n) is 5.13. The SMILES string of the molecule is CCN1C(=O)C(=Cc2ccc(OC)c([N+](=O)[O-])c2)C(=O)N(CC)C1=S. The van der Waals surface area contributed by atoms with Gasteiger partial charge in [-0.2, -0.15) is 0 Å². The molecule has 8 nitrogen and oxygen atoms in total. The summed E-state index contributed by atoms with van der Waals surface area (Å²) in [6, 6.07) is 4.22. The molecule has 0 N–H and O–H groups in total. The van der Waals surface area contributed by atoms with E-state index in [1.807, 2.05) is 0 Å². The lowest BCUT2D eigenvalue weighted by Gasteiger charge is -2.35. The molecule has 2 amide bonds. The molecule has 0 aromatic heterocycles. The van der Waals surface area contributed by atoms with Gasteiger partial charge in [-0.3, -0.25) is 29.5 Å². The summed E-state index contributed by atoms with van der Waals surface area (Å²) in [5, 5.41) is 11.3. The van der Waals surface area contributed by atoms with Crippen molar-refractivity contribution in [2.24, 2.45) is 0 Å². The fraction of sp³-hybridized carbons (Fsp3) is 0.312. The molecule has 0 saturated carbocycles. The van der Waals surface area contributed by atoms with Crippen molar-refractivity contribution in [2.45, 2.75) is 13.8 Å².